The molecule has 30 heavy (non-hydrogen) atoms. The van der Waals surface area contributed by atoms with E-state index in [1.54, 1.807) is 7.11 Å². The molecule has 146 valence electrons. The fourth-order valence-electron chi connectivity index (χ4n) is 5.03. The van der Waals surface area contributed by atoms with Gasteiger partial charge in [-0.15, -0.1) is 0 Å². The Morgan fingerprint density at radius 2 is 1.57 bits per heavy atom. The van der Waals surface area contributed by atoms with Crippen LogP contribution in [0.3, 0.4) is 0 Å². The minimum absolute atomic E-state index is 0.281. The third kappa shape index (κ3) is 2.37. The van der Waals surface area contributed by atoms with Crippen molar-refractivity contribution in [2.24, 2.45) is 5.92 Å². The van der Waals surface area contributed by atoms with Gasteiger partial charge in [-0.25, -0.2) is 0 Å². The Hall–Kier alpha value is -3.52. The molecule has 0 fully saturated rings. The summed E-state index contributed by atoms with van der Waals surface area (Å²) >= 11 is 0. The second kappa shape index (κ2) is 6.50. The number of benzene rings is 4. The lowest BCUT2D eigenvalue weighted by atomic mass is 9.82. The van der Waals surface area contributed by atoms with Crippen LogP contribution in [0.25, 0.3) is 33.0 Å². The molecule has 1 aliphatic carbocycles. The molecule has 0 N–H and O–H groups in total. The second-order valence-electron chi connectivity index (χ2n) is 8.12. The normalized spacial score (nSPS) is 19.1. The maximum atomic E-state index is 6.20. The van der Waals surface area contributed by atoms with Gasteiger partial charge in [-0.05, 0) is 62.4 Å². The molecule has 1 atom stereocenters. The molecule has 1 heterocycles. The first-order valence-electron chi connectivity index (χ1n) is 10.4. The predicted octanol–water partition coefficient (Wildman–Crippen LogP) is 6.82. The number of ether oxygens (including phenoxy) is 2. The fourth-order valence-corrected chi connectivity index (χ4v) is 5.03. The van der Waals surface area contributed by atoms with E-state index in [9.17, 15) is 0 Å². The van der Waals surface area contributed by atoms with Crippen LogP contribution in [-0.2, 0) is 0 Å². The SMILES string of the molecule is COc1ccc2c(c1)/C(=C1/c3c(ccc4ccccc34)OCC1C)c1ccccc1-2. The topological polar surface area (TPSA) is 18.5 Å². The number of rotatable bonds is 1. The van der Waals surface area contributed by atoms with E-state index >= 15 is 0 Å². The molecule has 0 aromatic heterocycles. The Balaban J connectivity index is 1.77. The second-order valence-corrected chi connectivity index (χ2v) is 8.12. The van der Waals surface area contributed by atoms with Crippen LogP contribution >= 0.6 is 0 Å². The van der Waals surface area contributed by atoms with E-state index in [0.717, 1.165) is 11.5 Å². The van der Waals surface area contributed by atoms with Crippen LogP contribution in [0.1, 0.15) is 23.6 Å². The smallest absolute Gasteiger partial charge is 0.127 e. The van der Waals surface area contributed by atoms with Crippen molar-refractivity contribution < 1.29 is 9.47 Å². The van der Waals surface area contributed by atoms with E-state index < -0.39 is 0 Å². The summed E-state index contributed by atoms with van der Waals surface area (Å²) in [5.74, 6) is 2.14. The Bertz CT molecular complexity index is 1350. The molecule has 0 saturated carbocycles. The Morgan fingerprint density at radius 1 is 0.800 bits per heavy atom. The van der Waals surface area contributed by atoms with Gasteiger partial charge in [0.05, 0.1) is 13.7 Å². The molecule has 2 heteroatoms. The first-order chi connectivity index (χ1) is 14.8. The molecule has 2 aliphatic rings. The average molecular weight is 390 g/mol. The fraction of sp³-hybridized carbons (Fsp3) is 0.143. The molecule has 6 rings (SSSR count). The zero-order valence-electron chi connectivity index (χ0n) is 17.1. The van der Waals surface area contributed by atoms with Crippen LogP contribution < -0.4 is 9.47 Å². The van der Waals surface area contributed by atoms with Crippen molar-refractivity contribution in [3.63, 3.8) is 0 Å². The number of fused-ring (bicyclic) bond motifs is 6. The van der Waals surface area contributed by atoms with Gasteiger partial charge in [-0.1, -0.05) is 67.6 Å². The summed E-state index contributed by atoms with van der Waals surface area (Å²) in [5, 5.41) is 2.49. The third-order valence-corrected chi connectivity index (χ3v) is 6.39. The highest BCUT2D eigenvalue weighted by molar-refractivity contribution is 6.14. The van der Waals surface area contributed by atoms with Crippen molar-refractivity contribution in [3.05, 3.63) is 95.6 Å². The van der Waals surface area contributed by atoms with Crippen LogP contribution in [0, 0.1) is 5.92 Å². The highest BCUT2D eigenvalue weighted by Crippen LogP contribution is 2.53. The molecule has 0 saturated heterocycles. The zero-order valence-corrected chi connectivity index (χ0v) is 17.1. The van der Waals surface area contributed by atoms with E-state index in [4.69, 9.17) is 9.47 Å². The number of hydrogen-bond acceptors (Lipinski definition) is 2. The van der Waals surface area contributed by atoms with Crippen molar-refractivity contribution in [3.8, 4) is 22.6 Å². The molecule has 4 aromatic rings. The van der Waals surface area contributed by atoms with Gasteiger partial charge >= 0.3 is 0 Å². The van der Waals surface area contributed by atoms with E-state index in [1.807, 2.05) is 0 Å². The summed E-state index contributed by atoms with van der Waals surface area (Å²) < 4.78 is 11.8. The molecular weight excluding hydrogens is 368 g/mol. The molecule has 0 bridgehead atoms. The van der Waals surface area contributed by atoms with Gasteiger partial charge in [-0.2, -0.15) is 0 Å². The van der Waals surface area contributed by atoms with Gasteiger partial charge in [0.15, 0.2) is 0 Å². The summed E-state index contributed by atoms with van der Waals surface area (Å²) in [6.45, 7) is 2.96. The highest BCUT2D eigenvalue weighted by atomic mass is 16.5. The van der Waals surface area contributed by atoms with Gasteiger partial charge in [-0.3, -0.25) is 0 Å². The number of methoxy groups -OCH3 is 1. The molecular formula is C28H22O2. The van der Waals surface area contributed by atoms with E-state index in [0.29, 0.717) is 6.61 Å². The Morgan fingerprint density at radius 3 is 2.43 bits per heavy atom. The van der Waals surface area contributed by atoms with Crippen LogP contribution in [-0.4, -0.2) is 13.7 Å². The third-order valence-electron chi connectivity index (χ3n) is 6.39. The van der Waals surface area contributed by atoms with Gasteiger partial charge in [0, 0.05) is 11.5 Å². The lowest BCUT2D eigenvalue weighted by Gasteiger charge is -2.29. The van der Waals surface area contributed by atoms with E-state index in [1.165, 1.54) is 49.7 Å². The van der Waals surface area contributed by atoms with Crippen LogP contribution in [0.15, 0.2) is 78.9 Å². The highest BCUT2D eigenvalue weighted by Gasteiger charge is 2.33. The summed E-state index contributed by atoms with van der Waals surface area (Å²) in [4.78, 5) is 0. The van der Waals surface area contributed by atoms with E-state index in [2.05, 4.69) is 85.8 Å². The minimum atomic E-state index is 0.281. The van der Waals surface area contributed by atoms with E-state index in [-0.39, 0.29) is 5.92 Å². The molecule has 0 spiro atoms. The number of hydrogen-bond donors (Lipinski definition) is 0. The Kier molecular flexibility index (Phi) is 3.76. The monoisotopic (exact) mass is 390 g/mol. The average Bonchev–Trinajstić information content (AvgIpc) is 3.12. The molecule has 2 nitrogen and oxygen atoms in total. The first-order valence-corrected chi connectivity index (χ1v) is 10.4. The maximum absolute atomic E-state index is 6.20. The van der Waals surface area contributed by atoms with Crippen molar-refractivity contribution in [1.82, 2.24) is 0 Å². The maximum Gasteiger partial charge on any atom is 0.127 e. The van der Waals surface area contributed by atoms with Gasteiger partial charge in [0.2, 0.25) is 0 Å². The molecule has 0 radical (unpaired) electrons. The standard InChI is InChI=1S/C28H22O2/c1-17-16-30-25-14-11-18-7-3-4-8-20(18)28(25)26(17)27-23-10-6-5-9-21(23)22-13-12-19(29-2)15-24(22)27/h3-15,17H,16H2,1-2H3/b27-26+. The van der Waals surface area contributed by atoms with Crippen molar-refractivity contribution in [2.45, 2.75) is 6.92 Å². The predicted molar refractivity (Wildman–Crippen MR) is 123 cm³/mol. The van der Waals surface area contributed by atoms with Crippen molar-refractivity contribution in [1.29, 1.82) is 0 Å². The first kappa shape index (κ1) is 17.3. The van der Waals surface area contributed by atoms with Crippen LogP contribution in [0.2, 0.25) is 0 Å². The molecule has 4 aromatic carbocycles. The quantitative estimate of drug-likeness (QED) is 0.313. The molecule has 1 unspecified atom stereocenters. The lowest BCUT2D eigenvalue weighted by molar-refractivity contribution is 0.277. The lowest BCUT2D eigenvalue weighted by Crippen LogP contribution is -2.18. The zero-order chi connectivity index (χ0) is 20.2. The summed E-state index contributed by atoms with van der Waals surface area (Å²) in [7, 11) is 1.73. The summed E-state index contributed by atoms with van der Waals surface area (Å²) in [6, 6.07) is 28.0. The van der Waals surface area contributed by atoms with Crippen LogP contribution in [0.5, 0.6) is 11.5 Å². The summed E-state index contributed by atoms with van der Waals surface area (Å²) in [6.07, 6.45) is 0. The van der Waals surface area contributed by atoms with Crippen molar-refractivity contribution in [2.75, 3.05) is 13.7 Å². The molecule has 0 amide bonds. The van der Waals surface area contributed by atoms with Gasteiger partial charge in [0.1, 0.15) is 11.5 Å². The largest absolute Gasteiger partial charge is 0.497 e. The van der Waals surface area contributed by atoms with Crippen molar-refractivity contribution >= 4 is 21.9 Å². The van der Waals surface area contributed by atoms with Gasteiger partial charge < -0.3 is 9.47 Å². The molecule has 1 aliphatic heterocycles. The Labute approximate surface area is 176 Å². The van der Waals surface area contributed by atoms with Crippen LogP contribution in [0.4, 0.5) is 0 Å². The van der Waals surface area contributed by atoms with Gasteiger partial charge in [0.25, 0.3) is 0 Å². The minimum Gasteiger partial charge on any atom is -0.497 e. The summed E-state index contributed by atoms with van der Waals surface area (Å²) in [5.41, 5.74) is 9.02.